The van der Waals surface area contributed by atoms with Crippen LogP contribution >= 0.6 is 0 Å². The summed E-state index contributed by atoms with van der Waals surface area (Å²) >= 11 is 0. The van der Waals surface area contributed by atoms with Crippen LogP contribution in [0.25, 0.3) is 11.1 Å². The van der Waals surface area contributed by atoms with Crippen molar-refractivity contribution in [2.45, 2.75) is 57.5 Å². The Kier molecular flexibility index (Phi) is 7.18. The van der Waals surface area contributed by atoms with Crippen molar-refractivity contribution in [1.82, 2.24) is 10.6 Å². The number of hydrogen-bond donors (Lipinski definition) is 3. The normalized spacial score (nSPS) is 13.6. The van der Waals surface area contributed by atoms with Crippen molar-refractivity contribution >= 4 is 18.0 Å². The topological polar surface area (TPSA) is 105 Å². The molecule has 3 N–H and O–H groups in total. The summed E-state index contributed by atoms with van der Waals surface area (Å²) in [5.41, 5.74) is 3.12. The highest BCUT2D eigenvalue weighted by Crippen LogP contribution is 2.44. The first-order chi connectivity index (χ1) is 15.2. The van der Waals surface area contributed by atoms with Gasteiger partial charge in [-0.25, -0.2) is 9.59 Å². The van der Waals surface area contributed by atoms with Gasteiger partial charge < -0.3 is 20.5 Å². The van der Waals surface area contributed by atoms with Crippen LogP contribution in [0.3, 0.4) is 0 Å². The number of rotatable bonds is 9. The fourth-order valence-electron chi connectivity index (χ4n) is 3.95. The standard InChI is InChI=1S/C25H30N2O5/c1-4-5-14-21(22(28)29)26-23(30)25(2,3)27-24(31)32-15-20-18-12-8-6-10-16(18)17-11-7-9-13-19(17)20/h6-13,20-21H,4-5,14-15H2,1-3H3,(H,26,30)(H,27,31)(H,28,29)/t21-/m0/s1. The lowest BCUT2D eigenvalue weighted by molar-refractivity contribution is -0.142. The molecule has 32 heavy (non-hydrogen) atoms. The van der Waals surface area contributed by atoms with E-state index in [0.29, 0.717) is 12.8 Å². The van der Waals surface area contributed by atoms with Crippen molar-refractivity contribution in [2.24, 2.45) is 0 Å². The van der Waals surface area contributed by atoms with Crippen molar-refractivity contribution in [3.8, 4) is 11.1 Å². The van der Waals surface area contributed by atoms with Crippen LogP contribution in [-0.2, 0) is 14.3 Å². The van der Waals surface area contributed by atoms with E-state index in [4.69, 9.17) is 4.74 Å². The largest absolute Gasteiger partial charge is 0.480 e. The third kappa shape index (κ3) is 5.10. The maximum Gasteiger partial charge on any atom is 0.408 e. The Labute approximate surface area is 188 Å². The summed E-state index contributed by atoms with van der Waals surface area (Å²) < 4.78 is 5.50. The van der Waals surface area contributed by atoms with Gasteiger partial charge in [0.15, 0.2) is 0 Å². The average molecular weight is 439 g/mol. The molecule has 0 radical (unpaired) electrons. The molecule has 2 amide bonds. The number of hydrogen-bond acceptors (Lipinski definition) is 4. The second kappa shape index (κ2) is 9.85. The van der Waals surface area contributed by atoms with E-state index in [2.05, 4.69) is 22.8 Å². The zero-order valence-electron chi connectivity index (χ0n) is 18.7. The Hall–Kier alpha value is -3.35. The molecule has 0 saturated carbocycles. The van der Waals surface area contributed by atoms with Crippen LogP contribution in [0, 0.1) is 0 Å². The van der Waals surface area contributed by atoms with Crippen LogP contribution in [0.5, 0.6) is 0 Å². The summed E-state index contributed by atoms with van der Waals surface area (Å²) in [5.74, 6) is -1.76. The summed E-state index contributed by atoms with van der Waals surface area (Å²) in [6.45, 7) is 5.11. The number of alkyl carbamates (subject to hydrolysis) is 1. The highest BCUT2D eigenvalue weighted by Gasteiger charge is 2.34. The molecular formula is C25H30N2O5. The smallest absolute Gasteiger partial charge is 0.408 e. The van der Waals surface area contributed by atoms with E-state index in [-0.39, 0.29) is 12.5 Å². The van der Waals surface area contributed by atoms with Gasteiger partial charge in [-0.15, -0.1) is 0 Å². The number of carboxylic acid groups (broad SMARTS) is 1. The Morgan fingerprint density at radius 2 is 1.59 bits per heavy atom. The number of fused-ring (bicyclic) bond motifs is 3. The van der Waals surface area contributed by atoms with E-state index in [1.165, 1.54) is 13.8 Å². The minimum absolute atomic E-state index is 0.0875. The molecule has 1 aliphatic rings. The quantitative estimate of drug-likeness (QED) is 0.548. The molecule has 0 heterocycles. The molecule has 1 aliphatic carbocycles. The zero-order chi connectivity index (χ0) is 23.3. The molecule has 0 aromatic heterocycles. The van der Waals surface area contributed by atoms with Gasteiger partial charge in [-0.2, -0.15) is 0 Å². The lowest BCUT2D eigenvalue weighted by Gasteiger charge is -2.27. The second-order valence-electron chi connectivity index (χ2n) is 8.58. The number of carbonyl (C=O) groups excluding carboxylic acids is 2. The SMILES string of the molecule is CCCC[C@H](NC(=O)C(C)(C)NC(=O)OCC1c2ccccc2-c2ccccc21)C(=O)O. The number of aliphatic carboxylic acids is 1. The van der Waals surface area contributed by atoms with Crippen molar-refractivity contribution in [3.05, 3.63) is 59.7 Å². The second-order valence-corrected chi connectivity index (χ2v) is 8.58. The lowest BCUT2D eigenvalue weighted by atomic mass is 9.98. The molecule has 0 fully saturated rings. The third-order valence-corrected chi connectivity index (χ3v) is 5.78. The first kappa shape index (κ1) is 23.3. The molecule has 7 heteroatoms. The maximum absolute atomic E-state index is 12.6. The maximum atomic E-state index is 12.6. The predicted octanol–water partition coefficient (Wildman–Crippen LogP) is 4.06. The molecule has 2 aromatic rings. The van der Waals surface area contributed by atoms with E-state index < -0.39 is 29.6 Å². The van der Waals surface area contributed by atoms with Crippen LogP contribution in [-0.4, -0.2) is 41.3 Å². The number of carboxylic acids is 1. The summed E-state index contributed by atoms with van der Waals surface area (Å²) in [6, 6.07) is 15.1. The molecule has 0 saturated heterocycles. The molecule has 3 rings (SSSR count). The van der Waals surface area contributed by atoms with Gasteiger partial charge in [-0.05, 0) is 42.5 Å². The number of nitrogens with one attached hydrogen (secondary N) is 2. The molecule has 0 bridgehead atoms. The Bertz CT molecular complexity index is 956. The molecule has 170 valence electrons. The Morgan fingerprint density at radius 3 is 2.12 bits per heavy atom. The number of carbonyl (C=O) groups is 3. The van der Waals surface area contributed by atoms with Crippen molar-refractivity contribution in [2.75, 3.05) is 6.61 Å². The predicted molar refractivity (Wildman–Crippen MR) is 121 cm³/mol. The van der Waals surface area contributed by atoms with Gasteiger partial charge in [0.2, 0.25) is 5.91 Å². The number of benzene rings is 2. The zero-order valence-corrected chi connectivity index (χ0v) is 18.7. The van der Waals surface area contributed by atoms with E-state index in [0.717, 1.165) is 28.7 Å². The van der Waals surface area contributed by atoms with Gasteiger partial charge >= 0.3 is 12.1 Å². The third-order valence-electron chi connectivity index (χ3n) is 5.78. The van der Waals surface area contributed by atoms with E-state index in [1.807, 2.05) is 43.3 Å². The van der Waals surface area contributed by atoms with E-state index >= 15 is 0 Å². The summed E-state index contributed by atoms with van der Waals surface area (Å²) in [7, 11) is 0. The number of ether oxygens (including phenoxy) is 1. The van der Waals surface area contributed by atoms with Gasteiger partial charge in [0.25, 0.3) is 0 Å². The van der Waals surface area contributed by atoms with Gasteiger partial charge in [-0.3, -0.25) is 4.79 Å². The molecule has 0 spiro atoms. The van der Waals surface area contributed by atoms with Crippen molar-refractivity contribution in [1.29, 1.82) is 0 Å². The van der Waals surface area contributed by atoms with Gasteiger partial charge in [-0.1, -0.05) is 68.3 Å². The van der Waals surface area contributed by atoms with Gasteiger partial charge in [0.05, 0.1) is 0 Å². The average Bonchev–Trinajstić information content (AvgIpc) is 3.08. The van der Waals surface area contributed by atoms with Crippen molar-refractivity contribution in [3.63, 3.8) is 0 Å². The van der Waals surface area contributed by atoms with Crippen LogP contribution < -0.4 is 10.6 Å². The number of amides is 2. The molecule has 0 aliphatic heterocycles. The Morgan fingerprint density at radius 1 is 1.03 bits per heavy atom. The first-order valence-electron chi connectivity index (χ1n) is 10.9. The van der Waals surface area contributed by atoms with Crippen LogP contribution in [0.2, 0.25) is 0 Å². The van der Waals surface area contributed by atoms with Crippen LogP contribution in [0.1, 0.15) is 57.1 Å². The van der Waals surface area contributed by atoms with Crippen LogP contribution in [0.4, 0.5) is 4.79 Å². The van der Waals surface area contributed by atoms with Crippen LogP contribution in [0.15, 0.2) is 48.5 Å². The molecule has 2 aromatic carbocycles. The van der Waals surface area contributed by atoms with Gasteiger partial charge in [0, 0.05) is 5.92 Å². The van der Waals surface area contributed by atoms with Crippen molar-refractivity contribution < 1.29 is 24.2 Å². The highest BCUT2D eigenvalue weighted by molar-refractivity contribution is 5.92. The Balaban J connectivity index is 1.62. The summed E-state index contributed by atoms with van der Waals surface area (Å²) in [6.07, 6.45) is 1.10. The fraction of sp³-hybridized carbons (Fsp3) is 0.400. The first-order valence-corrected chi connectivity index (χ1v) is 10.9. The number of unbranched alkanes of at least 4 members (excludes halogenated alkanes) is 1. The summed E-state index contributed by atoms with van der Waals surface area (Å²) in [5, 5.41) is 14.4. The lowest BCUT2D eigenvalue weighted by Crippen LogP contribution is -2.58. The minimum atomic E-state index is -1.33. The van der Waals surface area contributed by atoms with E-state index in [1.54, 1.807) is 0 Å². The monoisotopic (exact) mass is 438 g/mol. The van der Waals surface area contributed by atoms with Gasteiger partial charge in [0.1, 0.15) is 18.2 Å². The highest BCUT2D eigenvalue weighted by atomic mass is 16.5. The molecular weight excluding hydrogens is 408 g/mol. The fourth-order valence-corrected chi connectivity index (χ4v) is 3.95. The molecule has 0 unspecified atom stereocenters. The molecule has 7 nitrogen and oxygen atoms in total. The molecule has 1 atom stereocenters. The van der Waals surface area contributed by atoms with E-state index in [9.17, 15) is 19.5 Å². The minimum Gasteiger partial charge on any atom is -0.480 e. The summed E-state index contributed by atoms with van der Waals surface area (Å²) in [4.78, 5) is 36.5.